The van der Waals surface area contributed by atoms with Crippen LogP contribution in [0.3, 0.4) is 0 Å². The van der Waals surface area contributed by atoms with Crippen LogP contribution in [0.2, 0.25) is 5.02 Å². The number of hydrogen-bond donors (Lipinski definition) is 0. The van der Waals surface area contributed by atoms with Crippen molar-refractivity contribution in [3.05, 3.63) is 68.4 Å². The Morgan fingerprint density at radius 3 is 2.71 bits per heavy atom. The number of aromatic nitrogens is 1. The van der Waals surface area contributed by atoms with Gasteiger partial charge in [-0.2, -0.15) is 0 Å². The molecular weight excluding hydrogens is 386 g/mol. The fourth-order valence-corrected chi connectivity index (χ4v) is 4.13. The van der Waals surface area contributed by atoms with Crippen molar-refractivity contribution in [2.45, 2.75) is 10.6 Å². The second-order valence-electron chi connectivity index (χ2n) is 4.38. The number of thiazole rings is 1. The summed E-state index contributed by atoms with van der Waals surface area (Å²) in [6.45, 7) is 0. The minimum absolute atomic E-state index is 0.773. The first-order valence-electron chi connectivity index (χ1n) is 6.29. The van der Waals surface area contributed by atoms with Crippen molar-refractivity contribution < 1.29 is 0 Å². The summed E-state index contributed by atoms with van der Waals surface area (Å²) in [5.41, 5.74) is 2.18. The predicted molar refractivity (Wildman–Crippen MR) is 96.3 cm³/mol. The summed E-state index contributed by atoms with van der Waals surface area (Å²) in [6.07, 6.45) is 0. The van der Waals surface area contributed by atoms with Gasteiger partial charge in [-0.15, -0.1) is 23.1 Å². The quantitative estimate of drug-likeness (QED) is 0.466. The lowest BCUT2D eigenvalue weighted by molar-refractivity contribution is 1.26. The van der Waals surface area contributed by atoms with Crippen LogP contribution < -0.4 is 0 Å². The maximum absolute atomic E-state index is 5.99. The highest BCUT2D eigenvalue weighted by atomic mass is 79.9. The zero-order valence-corrected chi connectivity index (χ0v) is 14.9. The van der Waals surface area contributed by atoms with Gasteiger partial charge in [0.05, 0.1) is 11.4 Å². The van der Waals surface area contributed by atoms with E-state index in [1.54, 1.807) is 23.1 Å². The van der Waals surface area contributed by atoms with Gasteiger partial charge in [0.2, 0.25) is 0 Å². The molecule has 0 amide bonds. The summed E-state index contributed by atoms with van der Waals surface area (Å²) in [7, 11) is 0. The van der Waals surface area contributed by atoms with Crippen LogP contribution in [-0.2, 0) is 5.75 Å². The normalized spacial score (nSPS) is 10.8. The molecule has 3 rings (SSSR count). The van der Waals surface area contributed by atoms with Gasteiger partial charge in [-0.1, -0.05) is 45.7 Å². The van der Waals surface area contributed by atoms with Crippen LogP contribution >= 0.6 is 50.6 Å². The van der Waals surface area contributed by atoms with Crippen LogP contribution in [0.4, 0.5) is 0 Å². The van der Waals surface area contributed by atoms with Crippen LogP contribution in [-0.4, -0.2) is 4.98 Å². The predicted octanol–water partition coefficient (Wildman–Crippen LogP) is 6.52. The molecule has 0 saturated carbocycles. The van der Waals surface area contributed by atoms with E-state index >= 15 is 0 Å². The van der Waals surface area contributed by atoms with Gasteiger partial charge >= 0.3 is 0 Å². The third-order valence-corrected chi connectivity index (χ3v) is 5.65. The number of nitrogens with zero attached hydrogens (tertiary/aromatic N) is 1. The van der Waals surface area contributed by atoms with Crippen LogP contribution in [0.15, 0.2) is 63.3 Å². The van der Waals surface area contributed by atoms with E-state index in [1.807, 2.05) is 30.3 Å². The number of halogens is 2. The van der Waals surface area contributed by atoms with Gasteiger partial charge in [0.25, 0.3) is 0 Å². The molecule has 0 spiro atoms. The average Bonchev–Trinajstić information content (AvgIpc) is 2.95. The first kappa shape index (κ1) is 15.1. The van der Waals surface area contributed by atoms with E-state index in [1.165, 1.54) is 4.90 Å². The van der Waals surface area contributed by atoms with E-state index in [0.29, 0.717) is 0 Å². The molecule has 0 radical (unpaired) electrons. The third-order valence-electron chi connectivity index (χ3n) is 2.85. The standard InChI is InChI=1S/C16H11BrClNS2/c17-12-6-4-11(5-7-12)15-9-21-16(19-15)10-20-14-3-1-2-13(18)8-14/h1-9H,10H2. The highest BCUT2D eigenvalue weighted by Crippen LogP contribution is 2.29. The van der Waals surface area contributed by atoms with Crippen molar-refractivity contribution in [2.75, 3.05) is 0 Å². The molecule has 5 heteroatoms. The molecule has 0 aliphatic heterocycles. The maximum atomic E-state index is 5.99. The summed E-state index contributed by atoms with van der Waals surface area (Å²) < 4.78 is 1.08. The molecule has 1 aromatic heterocycles. The maximum Gasteiger partial charge on any atom is 0.104 e. The Hall–Kier alpha value is -0.810. The Kier molecular flexibility index (Phi) is 5.01. The molecule has 0 atom stereocenters. The molecule has 1 heterocycles. The van der Waals surface area contributed by atoms with Gasteiger partial charge in [-0.3, -0.25) is 0 Å². The van der Waals surface area contributed by atoms with E-state index in [-0.39, 0.29) is 0 Å². The SMILES string of the molecule is Clc1cccc(SCc2nc(-c3ccc(Br)cc3)cs2)c1. The van der Waals surface area contributed by atoms with Gasteiger partial charge < -0.3 is 0 Å². The van der Waals surface area contributed by atoms with Gasteiger partial charge in [0.15, 0.2) is 0 Å². The van der Waals surface area contributed by atoms with Crippen molar-refractivity contribution in [1.29, 1.82) is 0 Å². The molecule has 0 aliphatic carbocycles. The van der Waals surface area contributed by atoms with Gasteiger partial charge in [-0.25, -0.2) is 4.98 Å². The first-order valence-corrected chi connectivity index (χ1v) is 9.33. The second-order valence-corrected chi connectivity index (χ2v) is 7.72. The van der Waals surface area contributed by atoms with Crippen molar-refractivity contribution in [3.63, 3.8) is 0 Å². The molecule has 21 heavy (non-hydrogen) atoms. The summed E-state index contributed by atoms with van der Waals surface area (Å²) >= 11 is 12.9. The van der Waals surface area contributed by atoms with E-state index in [4.69, 9.17) is 16.6 Å². The Balaban J connectivity index is 1.69. The Bertz CT molecular complexity index is 740. The van der Waals surface area contributed by atoms with Gasteiger partial charge in [0.1, 0.15) is 5.01 Å². The third kappa shape index (κ3) is 4.10. The highest BCUT2D eigenvalue weighted by Gasteiger charge is 2.05. The van der Waals surface area contributed by atoms with Gasteiger partial charge in [-0.05, 0) is 30.3 Å². The molecule has 0 aliphatic rings. The Morgan fingerprint density at radius 1 is 1.14 bits per heavy atom. The molecule has 3 aromatic rings. The van der Waals surface area contributed by atoms with E-state index in [2.05, 4.69) is 39.5 Å². The van der Waals surface area contributed by atoms with Crippen LogP contribution in [0.5, 0.6) is 0 Å². The van der Waals surface area contributed by atoms with Crippen molar-refractivity contribution >= 4 is 50.6 Å². The lowest BCUT2D eigenvalue weighted by atomic mass is 10.2. The fraction of sp³-hybridized carbons (Fsp3) is 0.0625. The minimum Gasteiger partial charge on any atom is -0.240 e. The average molecular weight is 397 g/mol. The molecule has 0 unspecified atom stereocenters. The molecule has 0 saturated heterocycles. The Labute approximate surface area is 145 Å². The van der Waals surface area contributed by atoms with Crippen LogP contribution in [0, 0.1) is 0 Å². The monoisotopic (exact) mass is 395 g/mol. The van der Waals surface area contributed by atoms with Crippen LogP contribution in [0.1, 0.15) is 5.01 Å². The van der Waals surface area contributed by atoms with Crippen molar-refractivity contribution in [3.8, 4) is 11.3 Å². The topological polar surface area (TPSA) is 12.9 Å². The summed E-state index contributed by atoms with van der Waals surface area (Å²) in [4.78, 5) is 5.87. The number of hydrogen-bond acceptors (Lipinski definition) is 3. The molecule has 1 nitrogen and oxygen atoms in total. The molecule has 0 bridgehead atoms. The lowest BCUT2D eigenvalue weighted by Crippen LogP contribution is -1.81. The van der Waals surface area contributed by atoms with Gasteiger partial charge in [0, 0.05) is 25.3 Å². The zero-order valence-electron chi connectivity index (χ0n) is 10.9. The molecule has 2 aromatic carbocycles. The smallest absolute Gasteiger partial charge is 0.104 e. The Morgan fingerprint density at radius 2 is 1.95 bits per heavy atom. The summed E-state index contributed by atoms with van der Waals surface area (Å²) in [5.74, 6) is 0.863. The van der Waals surface area contributed by atoms with E-state index in [0.717, 1.165) is 31.5 Å². The molecular formula is C16H11BrClNS2. The van der Waals surface area contributed by atoms with E-state index < -0.39 is 0 Å². The number of thioether (sulfide) groups is 1. The first-order chi connectivity index (χ1) is 10.2. The largest absolute Gasteiger partial charge is 0.240 e. The van der Waals surface area contributed by atoms with Crippen molar-refractivity contribution in [2.24, 2.45) is 0 Å². The summed E-state index contributed by atoms with van der Waals surface area (Å²) in [6, 6.07) is 16.1. The zero-order chi connectivity index (χ0) is 14.7. The molecule has 0 fully saturated rings. The fourth-order valence-electron chi connectivity index (χ4n) is 1.83. The highest BCUT2D eigenvalue weighted by molar-refractivity contribution is 9.10. The minimum atomic E-state index is 0.773. The summed E-state index contributed by atoms with van der Waals surface area (Å²) in [5, 5.41) is 4.00. The van der Waals surface area contributed by atoms with Crippen molar-refractivity contribution in [1.82, 2.24) is 4.98 Å². The number of rotatable bonds is 4. The van der Waals surface area contributed by atoms with Crippen LogP contribution in [0.25, 0.3) is 11.3 Å². The lowest BCUT2D eigenvalue weighted by Gasteiger charge is -2.00. The molecule has 106 valence electrons. The number of benzene rings is 2. The molecule has 0 N–H and O–H groups in total. The second kappa shape index (κ2) is 6.97. The van der Waals surface area contributed by atoms with E-state index in [9.17, 15) is 0 Å².